The molecule has 4 aromatic rings. The summed E-state index contributed by atoms with van der Waals surface area (Å²) in [4.78, 5) is 4.31. The Hall–Kier alpha value is -3.00. The molecule has 34 heavy (non-hydrogen) atoms. The van der Waals surface area contributed by atoms with E-state index >= 15 is 0 Å². The van der Waals surface area contributed by atoms with E-state index in [1.165, 1.54) is 0 Å². The van der Waals surface area contributed by atoms with Crippen molar-refractivity contribution in [3.05, 3.63) is 128 Å². The predicted molar refractivity (Wildman–Crippen MR) is 145 cm³/mol. The van der Waals surface area contributed by atoms with Gasteiger partial charge < -0.3 is 5.32 Å². The maximum atomic E-state index is 9.19. The van der Waals surface area contributed by atoms with Crippen LogP contribution in [0, 0.1) is 11.3 Å². The molecular formula is C27H19Cl4N3. The van der Waals surface area contributed by atoms with E-state index in [1.807, 2.05) is 66.7 Å². The van der Waals surface area contributed by atoms with Crippen LogP contribution in [-0.2, 0) is 0 Å². The first kappa shape index (κ1) is 25.6. The van der Waals surface area contributed by atoms with Crippen molar-refractivity contribution in [2.45, 2.75) is 6.04 Å². The van der Waals surface area contributed by atoms with Crippen LogP contribution in [-0.4, -0.2) is 6.21 Å². The molecule has 0 spiro atoms. The molecule has 0 amide bonds. The highest BCUT2D eigenvalue weighted by atomic mass is 35.5. The van der Waals surface area contributed by atoms with Gasteiger partial charge in [0.05, 0.1) is 31.8 Å². The van der Waals surface area contributed by atoms with E-state index in [1.54, 1.807) is 36.5 Å². The lowest BCUT2D eigenvalue weighted by Gasteiger charge is -2.13. The van der Waals surface area contributed by atoms with Gasteiger partial charge in [-0.05, 0) is 47.5 Å². The molecule has 0 fully saturated rings. The van der Waals surface area contributed by atoms with E-state index in [9.17, 15) is 5.26 Å². The summed E-state index contributed by atoms with van der Waals surface area (Å²) in [6.07, 6.45) is 1.79. The van der Waals surface area contributed by atoms with Crippen LogP contribution >= 0.6 is 46.4 Å². The zero-order valence-corrected chi connectivity index (χ0v) is 20.8. The molecule has 0 heterocycles. The maximum Gasteiger partial charge on any atom is 0.140 e. The fourth-order valence-electron chi connectivity index (χ4n) is 2.84. The first-order chi connectivity index (χ1) is 16.5. The van der Waals surface area contributed by atoms with Crippen molar-refractivity contribution in [2.24, 2.45) is 4.99 Å². The summed E-state index contributed by atoms with van der Waals surface area (Å²) in [7, 11) is 0. The molecule has 0 aliphatic heterocycles. The van der Waals surface area contributed by atoms with Gasteiger partial charge in [0.1, 0.15) is 6.04 Å². The molecule has 0 aromatic heterocycles. The molecule has 1 N–H and O–H groups in total. The number of aliphatic imine (C=N–C) groups is 1. The SMILES string of the molecule is Clc1ccc(N=Cc2ccccc2)cc1Cl.N#CC(Nc1ccc(Cl)c(Cl)c1)c1ccccc1. The van der Waals surface area contributed by atoms with Gasteiger partial charge in [-0.15, -0.1) is 0 Å². The molecule has 4 aromatic carbocycles. The third kappa shape index (κ3) is 7.80. The summed E-state index contributed by atoms with van der Waals surface area (Å²) in [5.74, 6) is 0. The van der Waals surface area contributed by atoms with Crippen LogP contribution in [0.5, 0.6) is 0 Å². The molecule has 0 saturated heterocycles. The number of nitrogens with one attached hydrogen (secondary N) is 1. The Morgan fingerprint density at radius 3 is 1.88 bits per heavy atom. The minimum Gasteiger partial charge on any atom is -0.366 e. The number of benzene rings is 4. The number of nitrogens with zero attached hydrogens (tertiary/aromatic N) is 2. The Morgan fingerprint density at radius 1 is 0.706 bits per heavy atom. The number of anilines is 1. The second-order valence-electron chi connectivity index (χ2n) is 7.01. The van der Waals surface area contributed by atoms with Crippen molar-refractivity contribution in [2.75, 3.05) is 5.32 Å². The minimum atomic E-state index is -0.413. The molecule has 0 radical (unpaired) electrons. The van der Waals surface area contributed by atoms with Crippen LogP contribution in [0.2, 0.25) is 20.1 Å². The molecule has 4 rings (SSSR count). The van der Waals surface area contributed by atoms with Crippen molar-refractivity contribution in [3.63, 3.8) is 0 Å². The summed E-state index contributed by atoms with van der Waals surface area (Å²) in [5.41, 5.74) is 3.51. The molecule has 170 valence electrons. The number of hydrogen-bond donors (Lipinski definition) is 1. The van der Waals surface area contributed by atoms with Crippen molar-refractivity contribution in [1.82, 2.24) is 0 Å². The summed E-state index contributed by atoms with van der Waals surface area (Å²) in [6, 6.07) is 31.7. The van der Waals surface area contributed by atoms with Gasteiger partial charge >= 0.3 is 0 Å². The van der Waals surface area contributed by atoms with Crippen LogP contribution in [0.15, 0.2) is 102 Å². The molecule has 0 aliphatic rings. The topological polar surface area (TPSA) is 48.2 Å². The largest absolute Gasteiger partial charge is 0.366 e. The molecule has 1 unspecified atom stereocenters. The van der Waals surface area contributed by atoms with Crippen molar-refractivity contribution < 1.29 is 0 Å². The van der Waals surface area contributed by atoms with Gasteiger partial charge in [-0.1, -0.05) is 107 Å². The Bertz CT molecular complexity index is 1290. The molecule has 3 nitrogen and oxygen atoms in total. The van der Waals surface area contributed by atoms with E-state index in [4.69, 9.17) is 46.4 Å². The van der Waals surface area contributed by atoms with Gasteiger partial charge in [-0.3, -0.25) is 4.99 Å². The quantitative estimate of drug-likeness (QED) is 0.263. The molecule has 7 heteroatoms. The van der Waals surface area contributed by atoms with Gasteiger partial charge in [0, 0.05) is 11.9 Å². The molecule has 0 saturated carbocycles. The normalized spacial score (nSPS) is 11.3. The third-order valence-corrected chi connectivity index (χ3v) is 6.04. The molecule has 0 bridgehead atoms. The fourth-order valence-corrected chi connectivity index (χ4v) is 3.43. The average molecular weight is 527 g/mol. The first-order valence-electron chi connectivity index (χ1n) is 10.2. The summed E-state index contributed by atoms with van der Waals surface area (Å²) in [6.45, 7) is 0. The summed E-state index contributed by atoms with van der Waals surface area (Å²) >= 11 is 23.5. The third-order valence-electron chi connectivity index (χ3n) is 4.56. The number of hydrogen-bond acceptors (Lipinski definition) is 3. The number of rotatable bonds is 5. The number of nitriles is 1. The van der Waals surface area contributed by atoms with Crippen LogP contribution in [0.3, 0.4) is 0 Å². The molecular weight excluding hydrogens is 508 g/mol. The van der Waals surface area contributed by atoms with Gasteiger partial charge in [0.15, 0.2) is 0 Å². The van der Waals surface area contributed by atoms with E-state index in [2.05, 4.69) is 16.4 Å². The van der Waals surface area contributed by atoms with E-state index < -0.39 is 6.04 Å². The lowest BCUT2D eigenvalue weighted by atomic mass is 10.1. The molecule has 1 atom stereocenters. The highest BCUT2D eigenvalue weighted by Gasteiger charge is 2.10. The minimum absolute atomic E-state index is 0.413. The van der Waals surface area contributed by atoms with Crippen molar-refractivity contribution in [1.29, 1.82) is 5.26 Å². The standard InChI is InChI=1S/C14H10Cl2N2.C13H9Cl2N/c15-12-7-6-11(8-13(12)16)18-14(9-17)10-4-2-1-3-5-10;14-12-7-6-11(8-13(12)15)16-9-10-4-2-1-3-5-10/h1-8,14,18H;1-9H. The van der Waals surface area contributed by atoms with E-state index in [0.29, 0.717) is 20.1 Å². The van der Waals surface area contributed by atoms with Gasteiger partial charge in [0.25, 0.3) is 0 Å². The smallest absolute Gasteiger partial charge is 0.140 e. The Morgan fingerprint density at radius 2 is 1.29 bits per heavy atom. The predicted octanol–water partition coefficient (Wildman–Crippen LogP) is 9.41. The van der Waals surface area contributed by atoms with E-state index in [0.717, 1.165) is 22.5 Å². The van der Waals surface area contributed by atoms with Crippen LogP contribution in [0.1, 0.15) is 17.2 Å². The monoisotopic (exact) mass is 525 g/mol. The lowest BCUT2D eigenvalue weighted by Crippen LogP contribution is -2.08. The zero-order valence-electron chi connectivity index (χ0n) is 17.8. The summed E-state index contributed by atoms with van der Waals surface area (Å²) in [5, 5.41) is 14.3. The van der Waals surface area contributed by atoms with Gasteiger partial charge in [-0.2, -0.15) is 5.26 Å². The summed E-state index contributed by atoms with van der Waals surface area (Å²) < 4.78 is 0. The molecule has 0 aliphatic carbocycles. The van der Waals surface area contributed by atoms with Crippen LogP contribution in [0.4, 0.5) is 11.4 Å². The van der Waals surface area contributed by atoms with E-state index in [-0.39, 0.29) is 0 Å². The second-order valence-corrected chi connectivity index (χ2v) is 8.64. The van der Waals surface area contributed by atoms with Crippen LogP contribution < -0.4 is 5.32 Å². The van der Waals surface area contributed by atoms with Gasteiger partial charge in [0.2, 0.25) is 0 Å². The fraction of sp³-hybridized carbons (Fsp3) is 0.0370. The Labute approximate surface area is 219 Å². The first-order valence-corrected chi connectivity index (χ1v) is 11.7. The zero-order chi connectivity index (χ0) is 24.3. The maximum absolute atomic E-state index is 9.19. The van der Waals surface area contributed by atoms with Crippen molar-refractivity contribution in [3.8, 4) is 6.07 Å². The van der Waals surface area contributed by atoms with Crippen LogP contribution in [0.25, 0.3) is 0 Å². The Kier molecular flexibility index (Phi) is 9.82. The average Bonchev–Trinajstić information content (AvgIpc) is 2.87. The highest BCUT2D eigenvalue weighted by molar-refractivity contribution is 6.42. The second kappa shape index (κ2) is 13.0. The van der Waals surface area contributed by atoms with Crippen molar-refractivity contribution >= 4 is 64.0 Å². The number of halogens is 4. The lowest BCUT2D eigenvalue weighted by molar-refractivity contribution is 0.998. The van der Waals surface area contributed by atoms with Gasteiger partial charge in [-0.25, -0.2) is 0 Å². The Balaban J connectivity index is 0.000000192. The highest BCUT2D eigenvalue weighted by Crippen LogP contribution is 2.28.